The Balaban J connectivity index is 1.57. The maximum Gasteiger partial charge on any atom is 0.255 e. The molecule has 0 radical (unpaired) electrons. The Kier molecular flexibility index (Phi) is 5.86. The lowest BCUT2D eigenvalue weighted by atomic mass is 9.74. The van der Waals surface area contributed by atoms with Gasteiger partial charge in [0.15, 0.2) is 5.78 Å². The fourth-order valence-electron chi connectivity index (χ4n) is 5.05. The number of Topliss-reactive ketones (excluding diaryl/α,β-unsaturated/α-hetero) is 1. The molecular weight excluding hydrogens is 426 g/mol. The van der Waals surface area contributed by atoms with Gasteiger partial charge in [0.2, 0.25) is 0 Å². The number of hydrogen-bond donors (Lipinski definition) is 3. The molecule has 0 spiro atoms. The zero-order valence-electron chi connectivity index (χ0n) is 18.8. The van der Waals surface area contributed by atoms with Gasteiger partial charge in [-0.3, -0.25) is 14.6 Å². The third-order valence-corrected chi connectivity index (χ3v) is 6.70. The van der Waals surface area contributed by atoms with Crippen molar-refractivity contribution in [1.82, 2.24) is 14.9 Å². The van der Waals surface area contributed by atoms with Crippen LogP contribution < -0.4 is 11.1 Å². The minimum Gasteiger partial charge on any atom is -0.382 e. The van der Waals surface area contributed by atoms with Gasteiger partial charge in [-0.15, -0.1) is 0 Å². The van der Waals surface area contributed by atoms with Crippen LogP contribution in [0.1, 0.15) is 28.8 Å². The Morgan fingerprint density at radius 2 is 1.88 bits per heavy atom. The van der Waals surface area contributed by atoms with Gasteiger partial charge in [0.25, 0.3) is 5.91 Å². The third-order valence-electron chi connectivity index (χ3n) is 6.70. The van der Waals surface area contributed by atoms with Gasteiger partial charge in [-0.1, -0.05) is 36.4 Å². The quantitative estimate of drug-likeness (QED) is 0.413. The molecule has 2 unspecified atom stereocenters. The van der Waals surface area contributed by atoms with E-state index in [1.807, 2.05) is 72.9 Å². The number of nitrogens with two attached hydrogens (primary N) is 1. The lowest BCUT2D eigenvalue weighted by molar-refractivity contribution is -0.131. The standard InChI is InChI=1S/C27H27N5O2/c28-18-25(33)27(21-4-2-1-3-5-21)17-23(31-22-9-12-29-13-10-22)11-15-32(27)26(34)20-7-6-19-8-14-30-24(19)16-20/h1-10,12-14,16,23,30H,11,15,17-18,28H2,(H,29,31). The summed E-state index contributed by atoms with van der Waals surface area (Å²) >= 11 is 0. The first-order valence-corrected chi connectivity index (χ1v) is 11.5. The number of pyridine rings is 1. The van der Waals surface area contributed by atoms with E-state index in [0.717, 1.165) is 22.2 Å². The Morgan fingerprint density at radius 3 is 2.65 bits per heavy atom. The summed E-state index contributed by atoms with van der Waals surface area (Å²) in [5, 5.41) is 4.56. The first-order chi connectivity index (χ1) is 16.6. The normalized spacial score (nSPS) is 20.3. The highest BCUT2D eigenvalue weighted by molar-refractivity contribution is 6.03. The van der Waals surface area contributed by atoms with Crippen molar-refractivity contribution < 1.29 is 9.59 Å². The topological polar surface area (TPSA) is 104 Å². The molecule has 2 atom stereocenters. The summed E-state index contributed by atoms with van der Waals surface area (Å²) in [6, 6.07) is 20.9. The molecule has 1 aliphatic rings. The zero-order chi connectivity index (χ0) is 23.5. The van der Waals surface area contributed by atoms with E-state index in [1.165, 1.54) is 0 Å². The van der Waals surface area contributed by atoms with Crippen LogP contribution in [0.4, 0.5) is 5.69 Å². The molecule has 7 nitrogen and oxygen atoms in total. The summed E-state index contributed by atoms with van der Waals surface area (Å²) in [6.07, 6.45) is 6.43. The predicted octanol–water partition coefficient (Wildman–Crippen LogP) is 3.70. The second-order valence-corrected chi connectivity index (χ2v) is 8.66. The molecule has 4 aromatic rings. The largest absolute Gasteiger partial charge is 0.382 e. The zero-order valence-corrected chi connectivity index (χ0v) is 18.8. The number of fused-ring (bicyclic) bond motifs is 1. The van der Waals surface area contributed by atoms with Crippen molar-refractivity contribution in [3.05, 3.63) is 96.4 Å². The highest BCUT2D eigenvalue weighted by atomic mass is 16.2. The molecule has 1 fully saturated rings. The summed E-state index contributed by atoms with van der Waals surface area (Å²) in [5.74, 6) is -0.348. The second-order valence-electron chi connectivity index (χ2n) is 8.66. The van der Waals surface area contributed by atoms with Crippen molar-refractivity contribution in [2.45, 2.75) is 24.4 Å². The van der Waals surface area contributed by atoms with E-state index in [1.54, 1.807) is 17.3 Å². The van der Waals surface area contributed by atoms with Crippen molar-refractivity contribution >= 4 is 28.3 Å². The van der Waals surface area contributed by atoms with E-state index < -0.39 is 5.54 Å². The number of hydrogen-bond acceptors (Lipinski definition) is 5. The number of anilines is 1. The molecular formula is C27H27N5O2. The number of H-pyrrole nitrogens is 1. The smallest absolute Gasteiger partial charge is 0.255 e. The van der Waals surface area contributed by atoms with Crippen molar-refractivity contribution in [2.75, 3.05) is 18.4 Å². The molecule has 1 amide bonds. The van der Waals surface area contributed by atoms with Gasteiger partial charge in [-0.05, 0) is 47.7 Å². The highest BCUT2D eigenvalue weighted by Crippen LogP contribution is 2.40. The third kappa shape index (κ3) is 3.84. The summed E-state index contributed by atoms with van der Waals surface area (Å²) in [6.45, 7) is 0.265. The lowest BCUT2D eigenvalue weighted by Gasteiger charge is -2.49. The Bertz CT molecular complexity index is 1300. The molecule has 1 aliphatic heterocycles. The number of amides is 1. The molecule has 4 N–H and O–H groups in total. The van der Waals surface area contributed by atoms with E-state index in [-0.39, 0.29) is 24.3 Å². The number of likely N-dealkylation sites (tertiary alicyclic amines) is 1. The average Bonchev–Trinajstić information content (AvgIpc) is 3.37. The van der Waals surface area contributed by atoms with Crippen molar-refractivity contribution in [3.63, 3.8) is 0 Å². The molecule has 0 aliphatic carbocycles. The average molecular weight is 454 g/mol. The molecule has 0 saturated carbocycles. The van der Waals surface area contributed by atoms with E-state index in [9.17, 15) is 9.59 Å². The molecule has 5 rings (SSSR count). The van der Waals surface area contributed by atoms with Crippen molar-refractivity contribution in [3.8, 4) is 0 Å². The minimum atomic E-state index is -1.17. The van der Waals surface area contributed by atoms with Gasteiger partial charge >= 0.3 is 0 Å². The van der Waals surface area contributed by atoms with Crippen LogP contribution in [-0.4, -0.2) is 45.7 Å². The number of benzene rings is 2. The molecule has 2 aromatic heterocycles. The van der Waals surface area contributed by atoms with E-state index in [0.29, 0.717) is 24.9 Å². The second kappa shape index (κ2) is 9.11. The number of ketones is 1. The van der Waals surface area contributed by atoms with Crippen LogP contribution in [0.25, 0.3) is 10.9 Å². The van der Waals surface area contributed by atoms with Gasteiger partial charge in [0.05, 0.1) is 6.54 Å². The molecule has 7 heteroatoms. The molecule has 172 valence electrons. The van der Waals surface area contributed by atoms with Crippen LogP contribution in [0, 0.1) is 0 Å². The number of nitrogens with zero attached hydrogens (tertiary/aromatic N) is 2. The molecule has 1 saturated heterocycles. The number of nitrogens with one attached hydrogen (secondary N) is 2. The molecule has 3 heterocycles. The number of carbonyl (C=O) groups is 2. The summed E-state index contributed by atoms with van der Waals surface area (Å²) in [4.78, 5) is 36.5. The predicted molar refractivity (Wildman–Crippen MR) is 132 cm³/mol. The number of rotatable bonds is 6. The number of aromatic amines is 1. The molecule has 2 aromatic carbocycles. The first kappa shape index (κ1) is 21.9. The molecule has 0 bridgehead atoms. The van der Waals surface area contributed by atoms with Gasteiger partial charge in [-0.2, -0.15) is 0 Å². The number of aromatic nitrogens is 2. The minimum absolute atomic E-state index is 0.0203. The van der Waals surface area contributed by atoms with Crippen LogP contribution in [0.5, 0.6) is 0 Å². The monoisotopic (exact) mass is 453 g/mol. The highest BCUT2D eigenvalue weighted by Gasteiger charge is 2.51. The van der Waals surface area contributed by atoms with Gasteiger partial charge in [0, 0.05) is 54.4 Å². The number of carbonyl (C=O) groups excluding carboxylic acids is 2. The van der Waals surface area contributed by atoms with E-state index in [4.69, 9.17) is 5.73 Å². The fraction of sp³-hybridized carbons (Fsp3) is 0.222. The van der Waals surface area contributed by atoms with Gasteiger partial charge in [0.1, 0.15) is 5.54 Å². The molecule has 34 heavy (non-hydrogen) atoms. The maximum absolute atomic E-state index is 13.9. The first-order valence-electron chi connectivity index (χ1n) is 11.5. The van der Waals surface area contributed by atoms with Crippen LogP contribution in [0.2, 0.25) is 0 Å². The lowest BCUT2D eigenvalue weighted by Crippen LogP contribution is -2.62. The summed E-state index contributed by atoms with van der Waals surface area (Å²) in [7, 11) is 0. The maximum atomic E-state index is 13.9. The van der Waals surface area contributed by atoms with E-state index in [2.05, 4.69) is 15.3 Å². The van der Waals surface area contributed by atoms with Crippen LogP contribution >= 0.6 is 0 Å². The number of piperidine rings is 1. The van der Waals surface area contributed by atoms with E-state index >= 15 is 0 Å². The van der Waals surface area contributed by atoms with Crippen LogP contribution in [0.3, 0.4) is 0 Å². The SMILES string of the molecule is NCC(=O)C1(c2ccccc2)CC(Nc2ccncc2)CCN1C(=O)c1ccc2cc[nH]c2c1. The summed E-state index contributed by atoms with van der Waals surface area (Å²) in [5.41, 5.74) is 7.93. The Hall–Kier alpha value is -3.97. The van der Waals surface area contributed by atoms with Gasteiger partial charge in [-0.25, -0.2) is 0 Å². The summed E-state index contributed by atoms with van der Waals surface area (Å²) < 4.78 is 0. The van der Waals surface area contributed by atoms with Crippen LogP contribution in [-0.2, 0) is 10.3 Å². The van der Waals surface area contributed by atoms with Gasteiger partial charge < -0.3 is 20.9 Å². The van der Waals surface area contributed by atoms with Crippen molar-refractivity contribution in [1.29, 1.82) is 0 Å². The fourth-order valence-corrected chi connectivity index (χ4v) is 5.05. The Morgan fingerprint density at radius 1 is 1.09 bits per heavy atom. The van der Waals surface area contributed by atoms with Crippen LogP contribution in [0.15, 0.2) is 85.3 Å². The van der Waals surface area contributed by atoms with Crippen molar-refractivity contribution in [2.24, 2.45) is 5.73 Å². The Labute approximate surface area is 198 Å².